The Morgan fingerprint density at radius 3 is 2.55 bits per heavy atom. The molecule has 0 spiro atoms. The Balaban J connectivity index is 2.39. The molecule has 1 atom stereocenters. The molecule has 0 aliphatic carbocycles. The summed E-state index contributed by atoms with van der Waals surface area (Å²) in [6.45, 7) is 0. The molecule has 2 aromatic rings. The van der Waals surface area contributed by atoms with Gasteiger partial charge in [0.1, 0.15) is 0 Å². The number of hydrogen-bond donors (Lipinski definition) is 2. The molecule has 20 heavy (non-hydrogen) atoms. The van der Waals surface area contributed by atoms with Crippen molar-refractivity contribution in [3.05, 3.63) is 49.3 Å². The van der Waals surface area contributed by atoms with Crippen LogP contribution in [0.2, 0.25) is 5.02 Å². The van der Waals surface area contributed by atoms with Gasteiger partial charge in [0.15, 0.2) is 5.01 Å². The topological polar surface area (TPSA) is 50.9 Å². The van der Waals surface area contributed by atoms with Crippen molar-refractivity contribution in [1.82, 2.24) is 10.4 Å². The zero-order valence-electron chi connectivity index (χ0n) is 9.71. The van der Waals surface area contributed by atoms with Crippen molar-refractivity contribution in [3.63, 3.8) is 0 Å². The van der Waals surface area contributed by atoms with Crippen LogP contribution in [0.15, 0.2) is 28.9 Å². The fourth-order valence-electron chi connectivity index (χ4n) is 1.64. The SMILES string of the molecule is NNC(c1cc(Cl)cc(Br)c1)c1cnc(C(F)(F)F)s1. The summed E-state index contributed by atoms with van der Waals surface area (Å²) >= 11 is 9.74. The fourth-order valence-corrected chi connectivity index (χ4v) is 3.39. The van der Waals surface area contributed by atoms with Crippen molar-refractivity contribution in [2.75, 3.05) is 0 Å². The molecular formula is C11H8BrClF3N3S. The summed E-state index contributed by atoms with van der Waals surface area (Å²) in [5, 5.41) is -0.455. The molecule has 0 aliphatic rings. The molecular weight excluding hydrogens is 379 g/mol. The van der Waals surface area contributed by atoms with Crippen LogP contribution in [0.25, 0.3) is 0 Å². The number of aromatic nitrogens is 1. The van der Waals surface area contributed by atoms with Crippen molar-refractivity contribution >= 4 is 38.9 Å². The maximum atomic E-state index is 12.6. The summed E-state index contributed by atoms with van der Waals surface area (Å²) in [7, 11) is 0. The molecule has 2 rings (SSSR count). The summed E-state index contributed by atoms with van der Waals surface area (Å²) in [5.41, 5.74) is 3.12. The molecule has 1 aromatic heterocycles. The van der Waals surface area contributed by atoms with Crippen LogP contribution in [0.1, 0.15) is 21.5 Å². The number of alkyl halides is 3. The van der Waals surface area contributed by atoms with Gasteiger partial charge in [0.2, 0.25) is 0 Å². The van der Waals surface area contributed by atoms with Gasteiger partial charge in [-0.25, -0.2) is 10.4 Å². The highest BCUT2D eigenvalue weighted by atomic mass is 79.9. The van der Waals surface area contributed by atoms with Crippen LogP contribution in [0.5, 0.6) is 0 Å². The van der Waals surface area contributed by atoms with Gasteiger partial charge < -0.3 is 0 Å². The van der Waals surface area contributed by atoms with E-state index in [1.54, 1.807) is 18.2 Å². The number of thiazole rings is 1. The number of hydrazine groups is 1. The van der Waals surface area contributed by atoms with Crippen molar-refractivity contribution < 1.29 is 13.2 Å². The molecule has 1 aromatic carbocycles. The monoisotopic (exact) mass is 385 g/mol. The Bertz CT molecular complexity index is 597. The number of nitrogens with one attached hydrogen (secondary N) is 1. The highest BCUT2D eigenvalue weighted by molar-refractivity contribution is 9.10. The summed E-state index contributed by atoms with van der Waals surface area (Å²) in [6, 6.07) is 4.42. The lowest BCUT2D eigenvalue weighted by Crippen LogP contribution is -2.28. The number of nitrogens with two attached hydrogens (primary N) is 1. The predicted molar refractivity (Wildman–Crippen MR) is 75.4 cm³/mol. The predicted octanol–water partition coefficient (Wildman–Crippen LogP) is 4.13. The van der Waals surface area contributed by atoms with E-state index in [1.807, 2.05) is 0 Å². The standard InChI is InChI=1S/C11H8BrClF3N3S/c12-6-1-5(2-7(13)3-6)9(19-17)8-4-18-10(20-8)11(14,15)16/h1-4,9,19H,17H2. The zero-order chi connectivity index (χ0) is 14.9. The Morgan fingerprint density at radius 1 is 1.35 bits per heavy atom. The lowest BCUT2D eigenvalue weighted by Gasteiger charge is -2.15. The van der Waals surface area contributed by atoms with Gasteiger partial charge in [-0.3, -0.25) is 5.84 Å². The number of rotatable bonds is 3. The van der Waals surface area contributed by atoms with Crippen LogP contribution >= 0.6 is 38.9 Å². The Kier molecular flexibility index (Phi) is 4.70. The minimum Gasteiger partial charge on any atom is -0.271 e. The molecule has 0 saturated heterocycles. The average molecular weight is 387 g/mol. The van der Waals surface area contributed by atoms with E-state index in [1.165, 1.54) is 0 Å². The summed E-state index contributed by atoms with van der Waals surface area (Å²) in [6.07, 6.45) is -3.30. The van der Waals surface area contributed by atoms with Crippen molar-refractivity contribution in [2.45, 2.75) is 12.2 Å². The van der Waals surface area contributed by atoms with Crippen molar-refractivity contribution in [2.24, 2.45) is 5.84 Å². The molecule has 108 valence electrons. The van der Waals surface area contributed by atoms with E-state index >= 15 is 0 Å². The maximum absolute atomic E-state index is 12.6. The second kappa shape index (κ2) is 5.98. The first kappa shape index (κ1) is 15.7. The zero-order valence-corrected chi connectivity index (χ0v) is 12.9. The van der Waals surface area contributed by atoms with E-state index in [4.69, 9.17) is 17.4 Å². The quantitative estimate of drug-likeness (QED) is 0.616. The normalized spacial score (nSPS) is 13.5. The smallest absolute Gasteiger partial charge is 0.271 e. The second-order valence-corrected chi connectivity index (χ2v) is 6.28. The van der Waals surface area contributed by atoms with Gasteiger partial charge in [0, 0.05) is 20.6 Å². The van der Waals surface area contributed by atoms with Crippen LogP contribution in [-0.4, -0.2) is 4.98 Å². The van der Waals surface area contributed by atoms with Gasteiger partial charge >= 0.3 is 6.18 Å². The highest BCUT2D eigenvalue weighted by Crippen LogP contribution is 2.36. The Morgan fingerprint density at radius 2 is 2.05 bits per heavy atom. The average Bonchev–Trinajstić information content (AvgIpc) is 2.77. The molecule has 0 saturated carbocycles. The maximum Gasteiger partial charge on any atom is 0.443 e. The highest BCUT2D eigenvalue weighted by Gasteiger charge is 2.35. The van der Waals surface area contributed by atoms with Crippen LogP contribution < -0.4 is 11.3 Å². The van der Waals surface area contributed by atoms with Gasteiger partial charge in [0.25, 0.3) is 0 Å². The second-order valence-electron chi connectivity index (χ2n) is 3.87. The molecule has 9 heteroatoms. The summed E-state index contributed by atoms with van der Waals surface area (Å²) < 4.78 is 38.4. The van der Waals surface area contributed by atoms with E-state index in [-0.39, 0.29) is 0 Å². The number of hydrogen-bond acceptors (Lipinski definition) is 4. The largest absolute Gasteiger partial charge is 0.443 e. The van der Waals surface area contributed by atoms with Crippen molar-refractivity contribution in [1.29, 1.82) is 0 Å². The summed E-state index contributed by atoms with van der Waals surface area (Å²) in [4.78, 5) is 3.74. The van der Waals surface area contributed by atoms with Gasteiger partial charge in [0.05, 0.1) is 6.04 Å². The summed E-state index contributed by atoms with van der Waals surface area (Å²) in [5.74, 6) is 5.44. The van der Waals surface area contributed by atoms with E-state index in [0.717, 1.165) is 6.20 Å². The molecule has 0 radical (unpaired) electrons. The first-order valence-electron chi connectivity index (χ1n) is 5.26. The molecule has 1 unspecified atom stereocenters. The van der Waals surface area contributed by atoms with Crippen molar-refractivity contribution in [3.8, 4) is 0 Å². The molecule has 0 amide bonds. The van der Waals surface area contributed by atoms with E-state index < -0.39 is 17.2 Å². The third kappa shape index (κ3) is 3.50. The van der Waals surface area contributed by atoms with Crippen LogP contribution in [0.4, 0.5) is 13.2 Å². The third-order valence-electron chi connectivity index (χ3n) is 2.44. The number of benzene rings is 1. The molecule has 1 heterocycles. The van der Waals surface area contributed by atoms with E-state index in [9.17, 15) is 13.2 Å². The van der Waals surface area contributed by atoms with E-state index in [0.29, 0.717) is 31.3 Å². The van der Waals surface area contributed by atoms with Crippen LogP contribution in [0, 0.1) is 0 Å². The molecule has 0 bridgehead atoms. The molecule has 3 N–H and O–H groups in total. The molecule has 3 nitrogen and oxygen atoms in total. The minimum atomic E-state index is -4.46. The first-order valence-corrected chi connectivity index (χ1v) is 7.25. The van der Waals surface area contributed by atoms with Crippen LogP contribution in [-0.2, 0) is 6.18 Å². The third-order valence-corrected chi connectivity index (χ3v) is 4.22. The molecule has 0 aliphatic heterocycles. The van der Waals surface area contributed by atoms with Gasteiger partial charge in [-0.15, -0.1) is 11.3 Å². The van der Waals surface area contributed by atoms with Gasteiger partial charge in [-0.2, -0.15) is 13.2 Å². The van der Waals surface area contributed by atoms with Gasteiger partial charge in [-0.1, -0.05) is 27.5 Å². The Labute approximate surface area is 130 Å². The van der Waals surface area contributed by atoms with Gasteiger partial charge in [-0.05, 0) is 23.8 Å². The number of halogens is 5. The Hall–Kier alpha value is -0.670. The molecule has 0 fully saturated rings. The van der Waals surface area contributed by atoms with Crippen LogP contribution in [0.3, 0.4) is 0 Å². The first-order chi connectivity index (χ1) is 9.31. The lowest BCUT2D eigenvalue weighted by molar-refractivity contribution is -0.137. The minimum absolute atomic E-state index is 0.356. The van der Waals surface area contributed by atoms with E-state index in [2.05, 4.69) is 26.3 Å². The lowest BCUT2D eigenvalue weighted by atomic mass is 10.1. The fraction of sp³-hybridized carbons (Fsp3) is 0.182. The number of nitrogens with zero attached hydrogens (tertiary/aromatic N) is 1.